The molecular formula is C42H57F2N7O5S. The van der Waals surface area contributed by atoms with Crippen molar-refractivity contribution in [1.82, 2.24) is 29.2 Å². The Bertz CT molecular complexity index is 1970. The quantitative estimate of drug-likeness (QED) is 0.320. The van der Waals surface area contributed by atoms with E-state index in [0.717, 1.165) is 76.3 Å². The fraction of sp³-hybridized carbons (Fsp3) is 0.619. The van der Waals surface area contributed by atoms with Crippen molar-refractivity contribution in [2.75, 3.05) is 85.0 Å². The number of nitrogens with zero attached hydrogens (tertiary/aromatic N) is 6. The number of piperidine rings is 1. The van der Waals surface area contributed by atoms with Crippen LogP contribution in [0.4, 0.5) is 19.3 Å². The van der Waals surface area contributed by atoms with Crippen molar-refractivity contribution in [3.63, 3.8) is 0 Å². The predicted octanol–water partition coefficient (Wildman–Crippen LogP) is 4.08. The van der Waals surface area contributed by atoms with Crippen molar-refractivity contribution in [1.29, 1.82) is 0 Å². The number of carbonyl (C=O) groups is 2. The second-order valence-corrected chi connectivity index (χ2v) is 19.3. The van der Waals surface area contributed by atoms with Crippen molar-refractivity contribution < 1.29 is 31.5 Å². The number of sulfonamides is 1. The van der Waals surface area contributed by atoms with Gasteiger partial charge in [-0.1, -0.05) is 25.1 Å². The van der Waals surface area contributed by atoms with E-state index < -0.39 is 27.0 Å². The van der Waals surface area contributed by atoms with Crippen LogP contribution in [0.1, 0.15) is 50.5 Å². The van der Waals surface area contributed by atoms with Crippen LogP contribution in [-0.4, -0.2) is 148 Å². The number of likely N-dealkylation sites (tertiary alicyclic amines) is 3. The van der Waals surface area contributed by atoms with E-state index in [1.165, 1.54) is 22.5 Å². The van der Waals surface area contributed by atoms with Crippen molar-refractivity contribution in [2.24, 2.45) is 11.8 Å². The number of rotatable bonds is 12. The number of nitrogens with one attached hydrogen (secondary N) is 1. The van der Waals surface area contributed by atoms with E-state index in [2.05, 4.69) is 27.8 Å². The van der Waals surface area contributed by atoms with Gasteiger partial charge in [0.05, 0.1) is 29.2 Å². The second kappa shape index (κ2) is 15.5. The highest BCUT2D eigenvalue weighted by atomic mass is 32.2. The van der Waals surface area contributed by atoms with Gasteiger partial charge in [-0.3, -0.25) is 9.69 Å². The first-order chi connectivity index (χ1) is 27.3. The zero-order valence-corrected chi connectivity index (χ0v) is 34.2. The van der Waals surface area contributed by atoms with Gasteiger partial charge < -0.3 is 29.7 Å². The summed E-state index contributed by atoms with van der Waals surface area (Å²) in [5.74, 6) is -0.639. The van der Waals surface area contributed by atoms with Gasteiger partial charge in [0.2, 0.25) is 15.9 Å². The number of amides is 3. The molecule has 5 atom stereocenters. The average molecular weight is 810 g/mol. The number of hydrogen-bond donors (Lipinski definition) is 1. The van der Waals surface area contributed by atoms with Crippen molar-refractivity contribution in [3.8, 4) is 0 Å². The normalized spacial score (nSPS) is 27.8. The minimum Gasteiger partial charge on any atom is -0.373 e. The summed E-state index contributed by atoms with van der Waals surface area (Å²) < 4.78 is 65.6. The molecule has 8 rings (SSSR count). The van der Waals surface area contributed by atoms with Gasteiger partial charge in [0, 0.05) is 78.0 Å². The largest absolute Gasteiger partial charge is 0.373 e. The van der Waals surface area contributed by atoms with Crippen molar-refractivity contribution in [3.05, 3.63) is 72.3 Å². The molecular weight excluding hydrogens is 753 g/mol. The molecule has 0 aromatic heterocycles. The summed E-state index contributed by atoms with van der Waals surface area (Å²) in [6, 6.07) is 10.7. The van der Waals surface area contributed by atoms with Crippen LogP contribution in [-0.2, 0) is 25.1 Å². The third kappa shape index (κ3) is 7.04. The van der Waals surface area contributed by atoms with Crippen LogP contribution < -0.4 is 10.2 Å². The number of fused-ring (bicyclic) bond motifs is 2. The molecule has 1 saturated carbocycles. The summed E-state index contributed by atoms with van der Waals surface area (Å²) in [6.07, 6.45) is 7.61. The Kier molecular flexibility index (Phi) is 10.9. The molecule has 57 heavy (non-hydrogen) atoms. The molecule has 6 aliphatic rings. The maximum Gasteiger partial charge on any atom is 0.317 e. The smallest absolute Gasteiger partial charge is 0.317 e. The Morgan fingerprint density at radius 3 is 2.35 bits per heavy atom. The molecule has 310 valence electrons. The van der Waals surface area contributed by atoms with Crippen LogP contribution in [0.15, 0.2) is 60.0 Å². The maximum atomic E-state index is 15.7. The lowest BCUT2D eigenvalue weighted by molar-refractivity contribution is -0.127. The standard InChI is InChI=1S/C42H57F2N7O5S/c1-5-39(52)50-24-33-22-32(50)25-51(33)57(54,55)34-13-14-38(36(44)23-34)48-27-41(28-48,56-4)26-47-19-15-29(16-20-47)42(49-17-8-18-49,30-9-6-10-31(43)21-30)35-11-7-12-37(35)45-40(53)46(2)3/h5-6,9-10,13-14,21,23,29,32-33,35,37H,1,7-8,11-12,15-20,22,24-28H2,2-4H3,(H,45,53)/t32-,33-,35-,37-,42?/m0/s1. The van der Waals surface area contributed by atoms with Gasteiger partial charge in [-0.05, 0) is 99.5 Å². The topological polar surface area (TPSA) is 109 Å². The summed E-state index contributed by atoms with van der Waals surface area (Å²) in [7, 11) is 1.28. The molecule has 6 fully saturated rings. The van der Waals surface area contributed by atoms with Crippen LogP contribution in [0, 0.1) is 23.5 Å². The number of carbonyl (C=O) groups excluding carboxylic acids is 2. The van der Waals surface area contributed by atoms with E-state index in [-0.39, 0.29) is 59.2 Å². The molecule has 0 radical (unpaired) electrons. The second-order valence-electron chi connectivity index (χ2n) is 17.4. The monoisotopic (exact) mass is 809 g/mol. The van der Waals surface area contributed by atoms with E-state index in [1.807, 2.05) is 11.0 Å². The summed E-state index contributed by atoms with van der Waals surface area (Å²) in [6.45, 7) is 9.21. The van der Waals surface area contributed by atoms with E-state index in [0.29, 0.717) is 38.3 Å². The SMILES string of the molecule is C=CC(=O)N1C[C@@H]2C[C@H]1CN2S(=O)(=O)c1ccc(N2CC(CN3CCC(C(c4cccc(F)c4)([C@H]4CCC[C@@H]4NC(=O)N(C)C)N4CCC4)CC3)(OC)C2)c(F)c1. The van der Waals surface area contributed by atoms with Crippen molar-refractivity contribution >= 4 is 27.6 Å². The van der Waals surface area contributed by atoms with Gasteiger partial charge in [0.15, 0.2) is 0 Å². The number of methoxy groups -OCH3 is 1. The lowest BCUT2D eigenvalue weighted by Gasteiger charge is -2.59. The molecule has 2 aromatic carbocycles. The summed E-state index contributed by atoms with van der Waals surface area (Å²) in [5, 5.41) is 3.34. The fourth-order valence-electron chi connectivity index (χ4n) is 11.2. The van der Waals surface area contributed by atoms with Gasteiger partial charge in [0.1, 0.15) is 17.2 Å². The van der Waals surface area contributed by atoms with E-state index in [9.17, 15) is 18.0 Å². The molecule has 15 heteroatoms. The summed E-state index contributed by atoms with van der Waals surface area (Å²) in [5.41, 5.74) is 0.431. The van der Waals surface area contributed by atoms with Gasteiger partial charge in [-0.15, -0.1) is 0 Å². The van der Waals surface area contributed by atoms with Crippen LogP contribution in [0.5, 0.6) is 0 Å². The Balaban J connectivity index is 0.940. The van der Waals surface area contributed by atoms with E-state index >= 15 is 8.78 Å². The number of ether oxygens (including phenoxy) is 1. The first-order valence-corrected chi connectivity index (χ1v) is 22.0. The molecule has 3 amide bonds. The van der Waals surface area contributed by atoms with Gasteiger partial charge in [0.25, 0.3) is 0 Å². The maximum absolute atomic E-state index is 15.7. The predicted molar refractivity (Wildman–Crippen MR) is 213 cm³/mol. The van der Waals surface area contributed by atoms with Gasteiger partial charge in [-0.25, -0.2) is 22.0 Å². The molecule has 0 spiro atoms. The number of halogens is 2. The number of benzene rings is 2. The summed E-state index contributed by atoms with van der Waals surface area (Å²) in [4.78, 5) is 35.2. The molecule has 2 bridgehead atoms. The first-order valence-electron chi connectivity index (χ1n) is 20.6. The summed E-state index contributed by atoms with van der Waals surface area (Å²) >= 11 is 0. The van der Waals surface area contributed by atoms with Gasteiger partial charge in [-0.2, -0.15) is 4.31 Å². The third-order valence-corrected chi connectivity index (χ3v) is 16.0. The molecule has 5 heterocycles. The zero-order chi connectivity index (χ0) is 40.3. The fourth-order valence-corrected chi connectivity index (χ4v) is 12.9. The number of hydrogen-bond acceptors (Lipinski definition) is 8. The van der Waals surface area contributed by atoms with Crippen LogP contribution in [0.2, 0.25) is 0 Å². The van der Waals surface area contributed by atoms with Crippen LogP contribution in [0.25, 0.3) is 0 Å². The highest BCUT2D eigenvalue weighted by Gasteiger charge is 2.57. The lowest BCUT2D eigenvalue weighted by atomic mass is 9.62. The molecule has 1 N–H and O–H groups in total. The van der Waals surface area contributed by atoms with Crippen LogP contribution in [0.3, 0.4) is 0 Å². The Morgan fingerprint density at radius 2 is 1.75 bits per heavy atom. The minimum absolute atomic E-state index is 0.00953. The molecule has 2 aromatic rings. The Hall–Kier alpha value is -3.63. The number of piperazine rings is 1. The molecule has 12 nitrogen and oxygen atoms in total. The Labute approximate surface area is 335 Å². The van der Waals surface area contributed by atoms with Gasteiger partial charge >= 0.3 is 6.03 Å². The first kappa shape index (κ1) is 40.2. The van der Waals surface area contributed by atoms with Crippen LogP contribution >= 0.6 is 0 Å². The molecule has 5 aliphatic heterocycles. The number of anilines is 1. The molecule has 1 unspecified atom stereocenters. The van der Waals surface area contributed by atoms with E-state index in [4.69, 9.17) is 4.74 Å². The lowest BCUT2D eigenvalue weighted by Crippen LogP contribution is -2.69. The number of urea groups is 1. The Morgan fingerprint density at radius 1 is 1.00 bits per heavy atom. The minimum atomic E-state index is -3.94. The third-order valence-electron chi connectivity index (χ3n) is 14.1. The highest BCUT2D eigenvalue weighted by molar-refractivity contribution is 7.89. The molecule has 5 saturated heterocycles. The van der Waals surface area contributed by atoms with Crippen molar-refractivity contribution in [2.45, 2.75) is 79.1 Å². The molecule has 1 aliphatic carbocycles. The average Bonchev–Trinajstić information content (AvgIpc) is 3.92. The van der Waals surface area contributed by atoms with E-state index in [1.54, 1.807) is 43.1 Å². The zero-order valence-electron chi connectivity index (χ0n) is 33.4. The highest BCUT2D eigenvalue weighted by Crippen LogP contribution is 2.54.